The summed E-state index contributed by atoms with van der Waals surface area (Å²) in [6.07, 6.45) is 5.02. The Balaban J connectivity index is 1.97. The monoisotopic (exact) mass is 264 g/mol. The van der Waals surface area contributed by atoms with Gasteiger partial charge in [0, 0.05) is 11.6 Å². The Morgan fingerprint density at radius 2 is 2.05 bits per heavy atom. The molecule has 0 radical (unpaired) electrons. The maximum absolute atomic E-state index is 11.4. The molecule has 4 rings (SSSR count). The maximum Gasteiger partial charge on any atom is 0.0698 e. The molecule has 0 bridgehead atoms. The molecule has 1 N–H and O–H groups in total. The van der Waals surface area contributed by atoms with Crippen molar-refractivity contribution in [1.82, 2.24) is 0 Å². The van der Waals surface area contributed by atoms with E-state index in [9.17, 15) is 9.90 Å². The molecule has 3 atom stereocenters. The minimum absolute atomic E-state index is 0.0540. The number of hydrogen-bond acceptors (Lipinski definition) is 3. The van der Waals surface area contributed by atoms with E-state index in [0.29, 0.717) is 0 Å². The first-order valence-electron chi connectivity index (χ1n) is 6.91. The van der Waals surface area contributed by atoms with Gasteiger partial charge in [0.1, 0.15) is 0 Å². The van der Waals surface area contributed by atoms with Crippen LogP contribution in [0.1, 0.15) is 17.9 Å². The molecule has 100 valence electrons. The van der Waals surface area contributed by atoms with E-state index in [4.69, 9.17) is 0 Å². The van der Waals surface area contributed by atoms with E-state index in [-0.39, 0.29) is 11.8 Å². The fourth-order valence-corrected chi connectivity index (χ4v) is 3.61. The summed E-state index contributed by atoms with van der Waals surface area (Å²) in [6, 6.07) is 11.7. The lowest BCUT2D eigenvalue weighted by molar-refractivity contribution is -0.308. The summed E-state index contributed by atoms with van der Waals surface area (Å²) in [5.74, 6) is -0.791. The van der Waals surface area contributed by atoms with Gasteiger partial charge in [0.25, 0.3) is 0 Å². The average molecular weight is 264 g/mol. The van der Waals surface area contributed by atoms with E-state index in [1.807, 2.05) is 24.3 Å². The first-order valence-corrected chi connectivity index (χ1v) is 6.91. The number of fused-ring (bicyclic) bond motifs is 5. The van der Waals surface area contributed by atoms with Crippen LogP contribution in [0.3, 0.4) is 0 Å². The van der Waals surface area contributed by atoms with Crippen molar-refractivity contribution in [2.24, 2.45) is 5.92 Å². The second-order valence-electron chi connectivity index (χ2n) is 5.54. The van der Waals surface area contributed by atoms with Crippen LogP contribution in [0.4, 0.5) is 5.69 Å². The quantitative estimate of drug-likeness (QED) is 0.802. The standard InChI is InChI=1S/C17H15NO2/c19-17(20)16-13-7-3-6-12(13)15-11-5-2-1-4-10(11)8-9-14(15)18-16/h1-6,8-9,12-13,16,18H,7H2,(H,19,20)/p-1/t12-,13+,16+/m0/s1. The third kappa shape index (κ3) is 1.49. The highest BCUT2D eigenvalue weighted by molar-refractivity contribution is 5.93. The molecule has 2 aromatic carbocycles. The predicted octanol–water partition coefficient (Wildman–Crippen LogP) is 2.04. The number of carbonyl (C=O) groups excluding carboxylic acids is 1. The maximum atomic E-state index is 11.4. The molecular formula is C17H14NO2-. The van der Waals surface area contributed by atoms with Crippen molar-refractivity contribution in [3.8, 4) is 0 Å². The molecule has 2 aliphatic rings. The lowest BCUT2D eigenvalue weighted by Crippen LogP contribution is -2.48. The third-order valence-electron chi connectivity index (χ3n) is 4.51. The van der Waals surface area contributed by atoms with Crippen LogP contribution in [0.15, 0.2) is 48.6 Å². The van der Waals surface area contributed by atoms with Crippen LogP contribution in [-0.4, -0.2) is 12.0 Å². The van der Waals surface area contributed by atoms with E-state index < -0.39 is 12.0 Å². The van der Waals surface area contributed by atoms with Crippen LogP contribution in [0, 0.1) is 5.92 Å². The Morgan fingerprint density at radius 3 is 2.90 bits per heavy atom. The summed E-state index contributed by atoms with van der Waals surface area (Å²) in [5, 5.41) is 16.9. The predicted molar refractivity (Wildman–Crippen MR) is 76.4 cm³/mol. The van der Waals surface area contributed by atoms with E-state index in [2.05, 4.69) is 29.6 Å². The van der Waals surface area contributed by atoms with Gasteiger partial charge in [-0.3, -0.25) is 0 Å². The Labute approximate surface area is 116 Å². The number of benzene rings is 2. The summed E-state index contributed by atoms with van der Waals surface area (Å²) in [5.41, 5.74) is 2.14. The van der Waals surface area contributed by atoms with Crippen LogP contribution in [-0.2, 0) is 4.79 Å². The SMILES string of the molecule is O=C([O-])[C@@H]1Nc2ccc3ccccc3c2[C@H]2C=CC[C@H]21. The summed E-state index contributed by atoms with van der Waals surface area (Å²) < 4.78 is 0. The summed E-state index contributed by atoms with van der Waals surface area (Å²) in [6.45, 7) is 0. The number of carboxylic acids is 1. The Bertz CT molecular complexity index is 735. The van der Waals surface area contributed by atoms with Gasteiger partial charge in [-0.1, -0.05) is 42.5 Å². The zero-order valence-corrected chi connectivity index (χ0v) is 10.9. The molecule has 0 amide bonds. The number of carbonyl (C=O) groups is 1. The van der Waals surface area contributed by atoms with Gasteiger partial charge in [-0.05, 0) is 34.7 Å². The van der Waals surface area contributed by atoms with Gasteiger partial charge in [-0.2, -0.15) is 0 Å². The van der Waals surface area contributed by atoms with E-state index in [1.54, 1.807) is 0 Å². The number of carboxylic acid groups (broad SMARTS) is 1. The average Bonchev–Trinajstić information content (AvgIpc) is 2.94. The van der Waals surface area contributed by atoms with Crippen molar-refractivity contribution in [2.45, 2.75) is 18.4 Å². The highest BCUT2D eigenvalue weighted by Gasteiger charge is 2.38. The molecule has 20 heavy (non-hydrogen) atoms. The minimum atomic E-state index is -1.01. The van der Waals surface area contributed by atoms with E-state index >= 15 is 0 Å². The van der Waals surface area contributed by atoms with Crippen LogP contribution in [0.5, 0.6) is 0 Å². The highest BCUT2D eigenvalue weighted by atomic mass is 16.4. The Morgan fingerprint density at radius 1 is 1.20 bits per heavy atom. The molecule has 0 saturated carbocycles. The molecule has 1 aliphatic heterocycles. The molecule has 0 spiro atoms. The Kier molecular flexibility index (Phi) is 2.36. The van der Waals surface area contributed by atoms with Crippen LogP contribution >= 0.6 is 0 Å². The summed E-state index contributed by atoms with van der Waals surface area (Å²) in [7, 11) is 0. The van der Waals surface area contributed by atoms with Gasteiger partial charge >= 0.3 is 0 Å². The normalized spacial score (nSPS) is 26.9. The number of hydrogen-bond donors (Lipinski definition) is 1. The molecule has 0 fully saturated rings. The van der Waals surface area contributed by atoms with Gasteiger partial charge in [0.2, 0.25) is 0 Å². The van der Waals surface area contributed by atoms with Crippen molar-refractivity contribution < 1.29 is 9.90 Å². The van der Waals surface area contributed by atoms with Gasteiger partial charge in [-0.15, -0.1) is 0 Å². The zero-order valence-electron chi connectivity index (χ0n) is 10.9. The molecule has 0 aromatic heterocycles. The first kappa shape index (κ1) is 11.5. The molecule has 1 aliphatic carbocycles. The van der Waals surface area contributed by atoms with Crippen molar-refractivity contribution in [1.29, 1.82) is 0 Å². The molecule has 0 saturated heterocycles. The van der Waals surface area contributed by atoms with E-state index in [0.717, 1.165) is 12.1 Å². The van der Waals surface area contributed by atoms with Crippen LogP contribution < -0.4 is 10.4 Å². The molecule has 0 unspecified atom stereocenters. The summed E-state index contributed by atoms with van der Waals surface area (Å²) >= 11 is 0. The lowest BCUT2D eigenvalue weighted by Gasteiger charge is -2.38. The Hall–Kier alpha value is -2.29. The molecular weight excluding hydrogens is 250 g/mol. The summed E-state index contributed by atoms with van der Waals surface area (Å²) in [4.78, 5) is 11.4. The first-order chi connectivity index (χ1) is 9.75. The van der Waals surface area contributed by atoms with Crippen molar-refractivity contribution >= 4 is 22.4 Å². The molecule has 3 nitrogen and oxygen atoms in total. The minimum Gasteiger partial charge on any atom is -0.548 e. The topological polar surface area (TPSA) is 52.2 Å². The van der Waals surface area contributed by atoms with Gasteiger partial charge in [0.15, 0.2) is 0 Å². The second kappa shape index (κ2) is 4.10. The molecule has 1 heterocycles. The number of nitrogens with one attached hydrogen (secondary N) is 1. The van der Waals surface area contributed by atoms with Gasteiger partial charge in [-0.25, -0.2) is 0 Å². The van der Waals surface area contributed by atoms with Crippen molar-refractivity contribution in [2.75, 3.05) is 5.32 Å². The highest BCUT2D eigenvalue weighted by Crippen LogP contribution is 2.47. The van der Waals surface area contributed by atoms with Crippen molar-refractivity contribution in [3.05, 3.63) is 54.1 Å². The van der Waals surface area contributed by atoms with Gasteiger partial charge in [0.05, 0.1) is 12.0 Å². The smallest absolute Gasteiger partial charge is 0.0698 e. The van der Waals surface area contributed by atoms with Crippen LogP contribution in [0.25, 0.3) is 10.8 Å². The molecule has 2 aromatic rings. The van der Waals surface area contributed by atoms with Crippen molar-refractivity contribution in [3.63, 3.8) is 0 Å². The number of rotatable bonds is 1. The number of anilines is 1. The van der Waals surface area contributed by atoms with E-state index in [1.165, 1.54) is 16.3 Å². The number of aliphatic carboxylic acids is 1. The molecule has 3 heteroatoms. The lowest BCUT2D eigenvalue weighted by atomic mass is 9.77. The number of allylic oxidation sites excluding steroid dienone is 2. The third-order valence-corrected chi connectivity index (χ3v) is 4.51. The fourth-order valence-electron chi connectivity index (χ4n) is 3.61. The second-order valence-corrected chi connectivity index (χ2v) is 5.54. The fraction of sp³-hybridized carbons (Fsp3) is 0.235. The van der Waals surface area contributed by atoms with Gasteiger partial charge < -0.3 is 15.2 Å². The zero-order chi connectivity index (χ0) is 13.7. The largest absolute Gasteiger partial charge is 0.548 e. The van der Waals surface area contributed by atoms with Crippen LogP contribution in [0.2, 0.25) is 0 Å².